The minimum atomic E-state index is -3.17. The standard InChI is InChI=1S/C15H20N4O4S/c1-24(21,22)16-10-11-4-6-19(7-5-11)15(20)13-9-12(17-18-13)14-3-2-8-23-14/h2-3,8-9,11,16H,4-7,10H2,1H3,(H,17,18). The van der Waals surface area contributed by atoms with E-state index in [1.165, 1.54) is 0 Å². The van der Waals surface area contributed by atoms with Crippen LogP contribution in [0.5, 0.6) is 0 Å². The van der Waals surface area contributed by atoms with Crippen LogP contribution in [0.2, 0.25) is 0 Å². The molecule has 24 heavy (non-hydrogen) atoms. The van der Waals surface area contributed by atoms with Crippen molar-refractivity contribution in [2.45, 2.75) is 12.8 Å². The van der Waals surface area contributed by atoms with Gasteiger partial charge in [0.25, 0.3) is 5.91 Å². The number of sulfonamides is 1. The maximum atomic E-state index is 12.5. The molecule has 0 saturated carbocycles. The summed E-state index contributed by atoms with van der Waals surface area (Å²) in [6.45, 7) is 1.61. The normalized spacial score (nSPS) is 16.5. The van der Waals surface area contributed by atoms with Gasteiger partial charge in [-0.2, -0.15) is 5.10 Å². The SMILES string of the molecule is CS(=O)(=O)NCC1CCN(C(=O)c2cc(-c3ccco3)[nH]n2)CC1. The van der Waals surface area contributed by atoms with E-state index in [2.05, 4.69) is 14.9 Å². The van der Waals surface area contributed by atoms with Gasteiger partial charge in [0.1, 0.15) is 5.69 Å². The number of nitrogens with one attached hydrogen (secondary N) is 2. The first-order valence-corrected chi connectivity index (χ1v) is 9.65. The van der Waals surface area contributed by atoms with Crippen LogP contribution in [0.4, 0.5) is 0 Å². The van der Waals surface area contributed by atoms with Crippen molar-refractivity contribution in [1.82, 2.24) is 19.8 Å². The summed E-state index contributed by atoms with van der Waals surface area (Å²) >= 11 is 0. The summed E-state index contributed by atoms with van der Waals surface area (Å²) in [6.07, 6.45) is 4.25. The van der Waals surface area contributed by atoms with E-state index in [1.54, 1.807) is 29.4 Å². The lowest BCUT2D eigenvalue weighted by molar-refractivity contribution is 0.0686. The van der Waals surface area contributed by atoms with Gasteiger partial charge in [-0.3, -0.25) is 9.89 Å². The number of carbonyl (C=O) groups excluding carboxylic acids is 1. The Bertz CT molecular complexity index is 789. The molecule has 0 spiro atoms. The van der Waals surface area contributed by atoms with E-state index in [0.717, 1.165) is 19.1 Å². The third-order valence-corrected chi connectivity index (χ3v) is 4.81. The third-order valence-electron chi connectivity index (χ3n) is 4.12. The smallest absolute Gasteiger partial charge is 0.274 e. The molecule has 0 bridgehead atoms. The number of H-pyrrole nitrogens is 1. The Hall–Kier alpha value is -2.13. The van der Waals surface area contributed by atoms with Gasteiger partial charge in [0.2, 0.25) is 10.0 Å². The molecule has 0 radical (unpaired) electrons. The van der Waals surface area contributed by atoms with Crippen LogP contribution in [-0.2, 0) is 10.0 Å². The Morgan fingerprint density at radius 2 is 2.21 bits per heavy atom. The molecule has 3 heterocycles. The van der Waals surface area contributed by atoms with Crippen LogP contribution in [0.25, 0.3) is 11.5 Å². The molecule has 0 unspecified atom stereocenters. The molecule has 9 heteroatoms. The molecule has 2 aromatic heterocycles. The first-order valence-electron chi connectivity index (χ1n) is 7.75. The predicted octanol–water partition coefficient (Wildman–Crippen LogP) is 1.07. The fraction of sp³-hybridized carbons (Fsp3) is 0.467. The van der Waals surface area contributed by atoms with Gasteiger partial charge in [-0.05, 0) is 30.9 Å². The summed E-state index contributed by atoms with van der Waals surface area (Å²) in [5.74, 6) is 0.757. The summed E-state index contributed by atoms with van der Waals surface area (Å²) in [7, 11) is -3.17. The number of carbonyl (C=O) groups is 1. The molecule has 0 atom stereocenters. The summed E-state index contributed by atoms with van der Waals surface area (Å²) in [5, 5.41) is 6.87. The van der Waals surface area contributed by atoms with Crippen molar-refractivity contribution >= 4 is 15.9 Å². The maximum Gasteiger partial charge on any atom is 0.274 e. The molecule has 1 saturated heterocycles. The summed E-state index contributed by atoms with van der Waals surface area (Å²) in [5.41, 5.74) is 1.02. The van der Waals surface area contributed by atoms with Crippen LogP contribution >= 0.6 is 0 Å². The number of amides is 1. The van der Waals surface area contributed by atoms with Crippen LogP contribution in [-0.4, -0.2) is 55.3 Å². The predicted molar refractivity (Wildman–Crippen MR) is 87.8 cm³/mol. The van der Waals surface area contributed by atoms with Crippen molar-refractivity contribution in [3.8, 4) is 11.5 Å². The molecule has 8 nitrogen and oxygen atoms in total. The molecular weight excluding hydrogens is 332 g/mol. The fourth-order valence-electron chi connectivity index (χ4n) is 2.76. The van der Waals surface area contributed by atoms with Gasteiger partial charge >= 0.3 is 0 Å². The van der Waals surface area contributed by atoms with E-state index in [1.807, 2.05) is 0 Å². The Morgan fingerprint density at radius 1 is 1.46 bits per heavy atom. The molecule has 0 aliphatic carbocycles. The lowest BCUT2D eigenvalue weighted by Gasteiger charge is -2.31. The second-order valence-electron chi connectivity index (χ2n) is 6.00. The topological polar surface area (TPSA) is 108 Å². The lowest BCUT2D eigenvalue weighted by Crippen LogP contribution is -2.41. The maximum absolute atomic E-state index is 12.5. The van der Waals surface area contributed by atoms with Crippen molar-refractivity contribution in [2.75, 3.05) is 25.9 Å². The van der Waals surface area contributed by atoms with Crippen LogP contribution in [0.3, 0.4) is 0 Å². The second kappa shape index (κ2) is 6.78. The Kier molecular flexibility index (Phi) is 4.72. The summed E-state index contributed by atoms with van der Waals surface area (Å²) in [4.78, 5) is 14.3. The Labute approximate surface area is 140 Å². The summed E-state index contributed by atoms with van der Waals surface area (Å²) in [6, 6.07) is 5.24. The van der Waals surface area contributed by atoms with E-state index >= 15 is 0 Å². The van der Waals surface area contributed by atoms with Gasteiger partial charge in [-0.1, -0.05) is 0 Å². The average Bonchev–Trinajstić information content (AvgIpc) is 3.23. The van der Waals surface area contributed by atoms with Gasteiger partial charge < -0.3 is 9.32 Å². The van der Waals surface area contributed by atoms with Crippen molar-refractivity contribution in [3.63, 3.8) is 0 Å². The van der Waals surface area contributed by atoms with E-state index in [-0.39, 0.29) is 11.8 Å². The van der Waals surface area contributed by atoms with Gasteiger partial charge in [-0.15, -0.1) is 0 Å². The van der Waals surface area contributed by atoms with Crippen molar-refractivity contribution < 1.29 is 17.6 Å². The number of hydrogen-bond acceptors (Lipinski definition) is 5. The van der Waals surface area contributed by atoms with E-state index < -0.39 is 10.0 Å². The Morgan fingerprint density at radius 3 is 2.83 bits per heavy atom. The molecular formula is C15H20N4O4S. The number of aromatic amines is 1. The fourth-order valence-corrected chi connectivity index (χ4v) is 3.30. The van der Waals surface area contributed by atoms with Crippen molar-refractivity contribution in [2.24, 2.45) is 5.92 Å². The molecule has 1 aliphatic heterocycles. The molecule has 1 aliphatic rings. The zero-order valence-electron chi connectivity index (χ0n) is 13.4. The number of furan rings is 1. The first-order chi connectivity index (χ1) is 11.4. The van der Waals surface area contributed by atoms with Crippen LogP contribution < -0.4 is 4.72 Å². The molecule has 130 valence electrons. The minimum absolute atomic E-state index is 0.126. The number of likely N-dealkylation sites (tertiary alicyclic amines) is 1. The molecule has 3 rings (SSSR count). The largest absolute Gasteiger partial charge is 0.463 e. The van der Waals surface area contributed by atoms with Gasteiger partial charge in [0.15, 0.2) is 11.5 Å². The summed E-state index contributed by atoms with van der Waals surface area (Å²) < 4.78 is 30.1. The van der Waals surface area contributed by atoms with Crippen LogP contribution in [0, 0.1) is 5.92 Å². The van der Waals surface area contributed by atoms with Crippen molar-refractivity contribution in [3.05, 3.63) is 30.2 Å². The van der Waals surface area contributed by atoms with Gasteiger partial charge in [-0.25, -0.2) is 13.1 Å². The van der Waals surface area contributed by atoms with E-state index in [9.17, 15) is 13.2 Å². The first kappa shape index (κ1) is 16.7. The number of rotatable bonds is 5. The highest BCUT2D eigenvalue weighted by Gasteiger charge is 2.25. The second-order valence-corrected chi connectivity index (χ2v) is 7.83. The number of piperidine rings is 1. The van der Waals surface area contributed by atoms with Gasteiger partial charge in [0, 0.05) is 25.7 Å². The van der Waals surface area contributed by atoms with Crippen LogP contribution in [0.1, 0.15) is 23.3 Å². The highest BCUT2D eigenvalue weighted by molar-refractivity contribution is 7.88. The monoisotopic (exact) mass is 352 g/mol. The van der Waals surface area contributed by atoms with E-state index in [4.69, 9.17) is 4.42 Å². The third kappa shape index (κ3) is 4.04. The highest BCUT2D eigenvalue weighted by Crippen LogP contribution is 2.21. The zero-order valence-corrected chi connectivity index (χ0v) is 14.2. The quantitative estimate of drug-likeness (QED) is 0.837. The lowest BCUT2D eigenvalue weighted by atomic mass is 9.97. The molecule has 2 N–H and O–H groups in total. The average molecular weight is 352 g/mol. The van der Waals surface area contributed by atoms with E-state index in [0.29, 0.717) is 36.8 Å². The Balaban J connectivity index is 1.56. The molecule has 1 fully saturated rings. The highest BCUT2D eigenvalue weighted by atomic mass is 32.2. The number of aromatic nitrogens is 2. The minimum Gasteiger partial charge on any atom is -0.463 e. The molecule has 2 aromatic rings. The van der Waals surface area contributed by atoms with Crippen molar-refractivity contribution in [1.29, 1.82) is 0 Å². The molecule has 1 amide bonds. The number of hydrogen-bond donors (Lipinski definition) is 2. The molecule has 0 aromatic carbocycles. The zero-order chi connectivity index (χ0) is 17.2. The number of nitrogens with zero attached hydrogens (tertiary/aromatic N) is 2. The van der Waals surface area contributed by atoms with Gasteiger partial charge in [0.05, 0.1) is 12.5 Å². The van der Waals surface area contributed by atoms with Crippen LogP contribution in [0.15, 0.2) is 28.9 Å².